The molecule has 1 spiro atoms. The molecule has 2 fully saturated rings. The monoisotopic (exact) mass is 268 g/mol. The Morgan fingerprint density at radius 2 is 1.84 bits per heavy atom. The third-order valence-electron chi connectivity index (χ3n) is 5.37. The fourth-order valence-corrected chi connectivity index (χ4v) is 3.81. The van der Waals surface area contributed by atoms with E-state index in [0.717, 1.165) is 17.3 Å². The second-order valence-corrected chi connectivity index (χ2v) is 7.69. The third kappa shape index (κ3) is 4.19. The molecule has 2 aliphatic rings. The Hall–Kier alpha value is -0.0800. The van der Waals surface area contributed by atoms with Gasteiger partial charge in [0.05, 0.1) is 0 Å². The van der Waals surface area contributed by atoms with Crippen LogP contribution in [0.2, 0.25) is 0 Å². The summed E-state index contributed by atoms with van der Waals surface area (Å²) in [6.07, 6.45) is 7.20. The highest BCUT2D eigenvalue weighted by molar-refractivity contribution is 4.98. The van der Waals surface area contributed by atoms with Crippen molar-refractivity contribution in [2.24, 2.45) is 17.3 Å². The van der Waals surface area contributed by atoms with Crippen molar-refractivity contribution >= 4 is 0 Å². The Kier molecular flexibility index (Phi) is 5.30. The largest absolute Gasteiger partial charge is 0.314 e. The molecule has 1 saturated carbocycles. The van der Waals surface area contributed by atoms with Gasteiger partial charge in [0.1, 0.15) is 0 Å². The lowest BCUT2D eigenvalue weighted by Crippen LogP contribution is -2.58. The Bertz CT molecular complexity index is 264. The Labute approximate surface area is 121 Å². The van der Waals surface area contributed by atoms with Crippen LogP contribution >= 0.6 is 0 Å². The first-order chi connectivity index (χ1) is 9.03. The number of rotatable bonds is 6. The van der Waals surface area contributed by atoms with Gasteiger partial charge in [0.2, 0.25) is 0 Å². The van der Waals surface area contributed by atoms with Crippen LogP contribution in [-0.2, 0) is 0 Å². The van der Waals surface area contributed by atoms with Gasteiger partial charge in [-0.05, 0) is 49.5 Å². The first kappa shape index (κ1) is 15.3. The van der Waals surface area contributed by atoms with Gasteiger partial charge >= 0.3 is 0 Å². The van der Waals surface area contributed by atoms with Crippen LogP contribution in [0.1, 0.15) is 61.2 Å². The lowest BCUT2D eigenvalue weighted by Gasteiger charge is -2.54. The first-order valence-corrected chi connectivity index (χ1v) is 8.49. The van der Waals surface area contributed by atoms with E-state index in [9.17, 15) is 0 Å². The summed E-state index contributed by atoms with van der Waals surface area (Å²) in [5.41, 5.74) is 0.724. The maximum Gasteiger partial charge on any atom is 0.00506 e. The van der Waals surface area contributed by atoms with Crippen molar-refractivity contribution in [3.8, 4) is 0 Å². The zero-order valence-corrected chi connectivity index (χ0v) is 13.5. The number of hydrogen-bond donors (Lipinski definition) is 1. The third-order valence-corrected chi connectivity index (χ3v) is 5.37. The normalized spacial score (nSPS) is 25.7. The smallest absolute Gasteiger partial charge is 0.00506 e. The number of nitrogens with one attached hydrogen (secondary N) is 1. The average molecular weight is 268 g/mol. The lowest BCUT2D eigenvalue weighted by atomic mass is 9.65. The molecule has 0 aromatic carbocycles. The first-order valence-electron chi connectivity index (χ1n) is 8.49. The maximum absolute atomic E-state index is 3.61. The van der Waals surface area contributed by atoms with Crippen molar-refractivity contribution in [3.05, 3.63) is 0 Å². The Morgan fingerprint density at radius 1 is 1.21 bits per heavy atom. The highest BCUT2D eigenvalue weighted by Gasteiger charge is 2.44. The number of hydrogen-bond acceptors (Lipinski definition) is 2. The minimum Gasteiger partial charge on any atom is -0.314 e. The topological polar surface area (TPSA) is 15.3 Å². The van der Waals surface area contributed by atoms with Crippen molar-refractivity contribution in [1.82, 2.24) is 10.2 Å². The van der Waals surface area contributed by atoms with Crippen LogP contribution in [0.5, 0.6) is 0 Å². The van der Waals surface area contributed by atoms with Crippen molar-refractivity contribution < 1.29 is 1.43 Å². The molecular formula is C17H36N2. The van der Waals surface area contributed by atoms with Crippen LogP contribution in [0.15, 0.2) is 0 Å². The lowest BCUT2D eigenvalue weighted by molar-refractivity contribution is -0.0445. The minimum atomic E-state index is 0. The Morgan fingerprint density at radius 3 is 2.37 bits per heavy atom. The van der Waals surface area contributed by atoms with Crippen molar-refractivity contribution in [2.75, 3.05) is 26.2 Å². The molecule has 0 aromatic heterocycles. The predicted molar refractivity (Wildman–Crippen MR) is 85.5 cm³/mol. The van der Waals surface area contributed by atoms with Gasteiger partial charge in [-0.25, -0.2) is 0 Å². The second kappa shape index (κ2) is 6.58. The van der Waals surface area contributed by atoms with E-state index in [2.05, 4.69) is 37.9 Å². The van der Waals surface area contributed by atoms with E-state index in [1.54, 1.807) is 0 Å². The predicted octanol–water partition coefficient (Wildman–Crippen LogP) is 3.77. The van der Waals surface area contributed by atoms with Crippen molar-refractivity contribution in [1.29, 1.82) is 0 Å². The highest BCUT2D eigenvalue weighted by atomic mass is 15.2. The van der Waals surface area contributed by atoms with E-state index >= 15 is 0 Å². The molecule has 1 saturated heterocycles. The van der Waals surface area contributed by atoms with Gasteiger partial charge in [0, 0.05) is 27.1 Å². The molecule has 1 aliphatic heterocycles. The zero-order chi connectivity index (χ0) is 13.9. The summed E-state index contributed by atoms with van der Waals surface area (Å²) < 4.78 is 0. The van der Waals surface area contributed by atoms with Crippen LogP contribution in [0, 0.1) is 17.3 Å². The van der Waals surface area contributed by atoms with Gasteiger partial charge in [-0.15, -0.1) is 0 Å². The van der Waals surface area contributed by atoms with Crippen LogP contribution in [0.3, 0.4) is 0 Å². The fourth-order valence-electron chi connectivity index (χ4n) is 3.81. The van der Waals surface area contributed by atoms with Gasteiger partial charge in [-0.1, -0.05) is 34.1 Å². The molecule has 19 heavy (non-hydrogen) atoms. The van der Waals surface area contributed by atoms with Crippen molar-refractivity contribution in [3.63, 3.8) is 0 Å². The highest BCUT2D eigenvalue weighted by Crippen LogP contribution is 2.45. The van der Waals surface area contributed by atoms with Gasteiger partial charge in [0.15, 0.2) is 0 Å². The van der Waals surface area contributed by atoms with Crippen LogP contribution in [0.4, 0.5) is 0 Å². The molecule has 1 heterocycles. The fraction of sp³-hybridized carbons (Fsp3) is 1.00. The molecular weight excluding hydrogens is 232 g/mol. The molecule has 1 unspecified atom stereocenters. The van der Waals surface area contributed by atoms with E-state index in [1.165, 1.54) is 58.3 Å². The summed E-state index contributed by atoms with van der Waals surface area (Å²) in [6, 6.07) is 0.644. The molecule has 2 rings (SSSR count). The molecule has 0 amide bonds. The summed E-state index contributed by atoms with van der Waals surface area (Å²) in [5, 5.41) is 3.61. The molecule has 0 aromatic rings. The summed E-state index contributed by atoms with van der Waals surface area (Å²) >= 11 is 0. The van der Waals surface area contributed by atoms with E-state index in [1.807, 2.05) is 0 Å². The van der Waals surface area contributed by atoms with Gasteiger partial charge in [-0.3, -0.25) is 0 Å². The molecule has 1 aliphatic carbocycles. The average Bonchev–Trinajstić information content (AvgIpc) is 2.35. The summed E-state index contributed by atoms with van der Waals surface area (Å²) in [5.74, 6) is 1.82. The number of likely N-dealkylation sites (tertiary alicyclic amines) is 1. The van der Waals surface area contributed by atoms with E-state index in [0.29, 0.717) is 6.04 Å². The van der Waals surface area contributed by atoms with Crippen LogP contribution in [-0.4, -0.2) is 37.1 Å². The molecule has 1 N–H and O–H groups in total. The maximum atomic E-state index is 3.61. The molecule has 1 atom stereocenters. The zero-order valence-electron chi connectivity index (χ0n) is 13.5. The second-order valence-electron chi connectivity index (χ2n) is 7.69. The molecule has 2 nitrogen and oxygen atoms in total. The van der Waals surface area contributed by atoms with E-state index in [4.69, 9.17) is 0 Å². The van der Waals surface area contributed by atoms with Crippen LogP contribution < -0.4 is 5.32 Å². The van der Waals surface area contributed by atoms with Gasteiger partial charge < -0.3 is 10.2 Å². The van der Waals surface area contributed by atoms with Crippen molar-refractivity contribution in [2.45, 2.75) is 65.8 Å². The van der Waals surface area contributed by atoms with Crippen LogP contribution in [0.25, 0.3) is 0 Å². The molecule has 0 bridgehead atoms. The molecule has 0 radical (unpaired) electrons. The quantitative estimate of drug-likeness (QED) is 0.789. The summed E-state index contributed by atoms with van der Waals surface area (Å²) in [4.78, 5) is 2.70. The van der Waals surface area contributed by atoms with E-state index in [-0.39, 0.29) is 1.43 Å². The number of nitrogens with zero attached hydrogens (tertiary/aromatic N) is 1. The Balaban J connectivity index is 0.00000200. The summed E-state index contributed by atoms with van der Waals surface area (Å²) in [6.45, 7) is 14.6. The SMILES string of the molecule is CCC(C)CN1CC2(CCC(CNC(C)C)CC2)C1.[HH]. The molecule has 114 valence electrons. The molecule has 2 heteroatoms. The van der Waals surface area contributed by atoms with Gasteiger partial charge in [0.25, 0.3) is 0 Å². The summed E-state index contributed by atoms with van der Waals surface area (Å²) in [7, 11) is 0. The standard InChI is InChI=1S/C17H34N2.H2/c1-5-15(4)11-19-12-17(13-19)8-6-16(7-9-17)10-18-14(2)3;/h14-16,18H,5-13H2,1-4H3;1H. The van der Waals surface area contributed by atoms with Gasteiger partial charge in [-0.2, -0.15) is 0 Å². The van der Waals surface area contributed by atoms with E-state index < -0.39 is 0 Å². The minimum absolute atomic E-state index is 0.